The topological polar surface area (TPSA) is 79.6 Å². The molecule has 154 valence electrons. The highest BCUT2D eigenvalue weighted by molar-refractivity contribution is 8.18. The van der Waals surface area contributed by atoms with Gasteiger partial charge in [-0.2, -0.15) is 5.10 Å². The van der Waals surface area contributed by atoms with Crippen molar-refractivity contribution in [2.75, 3.05) is 13.1 Å². The van der Waals surface area contributed by atoms with Gasteiger partial charge in [0.1, 0.15) is 0 Å². The molecule has 30 heavy (non-hydrogen) atoms. The van der Waals surface area contributed by atoms with Crippen LogP contribution in [-0.2, 0) is 11.3 Å². The van der Waals surface area contributed by atoms with Gasteiger partial charge in [-0.05, 0) is 61.1 Å². The second-order valence-electron chi connectivity index (χ2n) is 7.09. The standard InChI is InChI=1S/C22H23N5O2S/c1-3-10-26(4-2)14-15-6-5-7-16(11-15)18-13-23-20-9-8-17(25-27(18)20)12-19-21(28)24-22(29)30-19/h5-9,11-13H,3-4,10,14H2,1-2H3,(H,24,28,29)/b19-12-. The van der Waals surface area contributed by atoms with Crippen LogP contribution in [0.15, 0.2) is 47.5 Å². The highest BCUT2D eigenvalue weighted by atomic mass is 32.2. The molecule has 1 aliphatic rings. The third-order valence-corrected chi connectivity index (χ3v) is 5.73. The maximum absolute atomic E-state index is 11.8. The van der Waals surface area contributed by atoms with Crippen molar-refractivity contribution in [3.8, 4) is 11.3 Å². The first-order valence-electron chi connectivity index (χ1n) is 9.98. The fraction of sp³-hybridized carbons (Fsp3) is 0.273. The normalized spacial score (nSPS) is 15.5. The van der Waals surface area contributed by atoms with E-state index in [-0.39, 0.29) is 5.24 Å². The molecule has 2 aromatic heterocycles. The van der Waals surface area contributed by atoms with Crippen LogP contribution in [-0.4, -0.2) is 43.7 Å². The van der Waals surface area contributed by atoms with Crippen molar-refractivity contribution in [3.05, 3.63) is 58.8 Å². The molecule has 0 atom stereocenters. The fourth-order valence-electron chi connectivity index (χ4n) is 3.47. The molecule has 1 N–H and O–H groups in total. The van der Waals surface area contributed by atoms with Crippen LogP contribution in [0.4, 0.5) is 4.79 Å². The molecule has 3 aromatic rings. The van der Waals surface area contributed by atoms with E-state index in [1.54, 1.807) is 16.7 Å². The molecule has 1 fully saturated rings. The van der Waals surface area contributed by atoms with Crippen molar-refractivity contribution in [2.24, 2.45) is 0 Å². The summed E-state index contributed by atoms with van der Waals surface area (Å²) >= 11 is 0.882. The lowest BCUT2D eigenvalue weighted by atomic mass is 10.1. The molecule has 4 rings (SSSR count). The Kier molecular flexibility index (Phi) is 5.96. The lowest BCUT2D eigenvalue weighted by molar-refractivity contribution is -0.115. The molecule has 1 aliphatic heterocycles. The van der Waals surface area contributed by atoms with Gasteiger partial charge in [0.15, 0.2) is 5.65 Å². The summed E-state index contributed by atoms with van der Waals surface area (Å²) in [5.41, 5.74) is 4.47. The third-order valence-electron chi connectivity index (χ3n) is 4.92. The van der Waals surface area contributed by atoms with E-state index >= 15 is 0 Å². The Hall–Kier alpha value is -2.97. The summed E-state index contributed by atoms with van der Waals surface area (Å²) < 4.78 is 1.77. The molecule has 2 amide bonds. The molecule has 0 spiro atoms. The lowest BCUT2D eigenvalue weighted by Gasteiger charge is -2.19. The zero-order valence-corrected chi connectivity index (χ0v) is 17.8. The zero-order chi connectivity index (χ0) is 21.1. The van der Waals surface area contributed by atoms with Crippen LogP contribution >= 0.6 is 11.8 Å². The highest BCUT2D eigenvalue weighted by Crippen LogP contribution is 2.26. The SMILES string of the molecule is CCCN(CC)Cc1cccc(-c2cnc3ccc(/C=C4\SC(=O)NC4=O)nn23)c1. The summed E-state index contributed by atoms with van der Waals surface area (Å²) in [6, 6.07) is 12.1. The van der Waals surface area contributed by atoms with Crippen LogP contribution in [0, 0.1) is 0 Å². The predicted molar refractivity (Wildman–Crippen MR) is 119 cm³/mol. The number of imide groups is 1. The first-order valence-corrected chi connectivity index (χ1v) is 10.8. The van der Waals surface area contributed by atoms with Crippen LogP contribution in [0.25, 0.3) is 23.0 Å². The summed E-state index contributed by atoms with van der Waals surface area (Å²) in [6.07, 6.45) is 4.56. The number of hydrogen-bond acceptors (Lipinski definition) is 6. The van der Waals surface area contributed by atoms with Crippen molar-refractivity contribution in [1.29, 1.82) is 0 Å². The number of hydrogen-bond donors (Lipinski definition) is 1. The number of nitrogens with zero attached hydrogens (tertiary/aromatic N) is 4. The molecule has 0 unspecified atom stereocenters. The summed E-state index contributed by atoms with van der Waals surface area (Å²) in [5, 5.41) is 6.53. The summed E-state index contributed by atoms with van der Waals surface area (Å²) in [4.78, 5) is 30.4. The van der Waals surface area contributed by atoms with Gasteiger partial charge in [-0.1, -0.05) is 32.0 Å². The number of aromatic nitrogens is 3. The van der Waals surface area contributed by atoms with E-state index in [4.69, 9.17) is 0 Å². The average molecular weight is 422 g/mol. The fourth-order valence-corrected chi connectivity index (χ4v) is 4.14. The second-order valence-corrected chi connectivity index (χ2v) is 8.11. The molecule has 7 nitrogen and oxygen atoms in total. The number of fused-ring (bicyclic) bond motifs is 1. The minimum atomic E-state index is -0.391. The lowest BCUT2D eigenvalue weighted by Crippen LogP contribution is -2.23. The van der Waals surface area contributed by atoms with E-state index in [1.165, 1.54) is 5.56 Å². The van der Waals surface area contributed by atoms with Crippen LogP contribution < -0.4 is 5.32 Å². The number of imidazole rings is 1. The van der Waals surface area contributed by atoms with Gasteiger partial charge in [-0.25, -0.2) is 9.50 Å². The van der Waals surface area contributed by atoms with Crippen LogP contribution in [0.2, 0.25) is 0 Å². The van der Waals surface area contributed by atoms with Crippen molar-refractivity contribution in [3.63, 3.8) is 0 Å². The van der Waals surface area contributed by atoms with Gasteiger partial charge in [0.05, 0.1) is 22.5 Å². The monoisotopic (exact) mass is 421 g/mol. The Labute approximate surface area is 179 Å². The van der Waals surface area contributed by atoms with Gasteiger partial charge >= 0.3 is 0 Å². The van der Waals surface area contributed by atoms with Crippen LogP contribution in [0.3, 0.4) is 0 Å². The number of rotatable bonds is 7. The Bertz CT molecular complexity index is 1140. The van der Waals surface area contributed by atoms with Crippen molar-refractivity contribution < 1.29 is 9.59 Å². The van der Waals surface area contributed by atoms with E-state index < -0.39 is 5.91 Å². The smallest absolute Gasteiger partial charge is 0.290 e. The maximum Gasteiger partial charge on any atom is 0.290 e. The van der Waals surface area contributed by atoms with Gasteiger partial charge < -0.3 is 0 Å². The highest BCUT2D eigenvalue weighted by Gasteiger charge is 2.25. The minimum Gasteiger partial charge on any atom is -0.299 e. The summed E-state index contributed by atoms with van der Waals surface area (Å²) in [6.45, 7) is 7.37. The van der Waals surface area contributed by atoms with Gasteiger partial charge in [0.2, 0.25) is 0 Å². The van der Waals surface area contributed by atoms with Crippen molar-refractivity contribution in [2.45, 2.75) is 26.8 Å². The number of thioether (sulfide) groups is 1. The van der Waals surface area contributed by atoms with E-state index in [0.29, 0.717) is 10.6 Å². The zero-order valence-electron chi connectivity index (χ0n) is 17.0. The molecule has 0 aliphatic carbocycles. The Morgan fingerprint density at radius 3 is 2.80 bits per heavy atom. The number of carbonyl (C=O) groups excluding carboxylic acids is 2. The molecule has 1 saturated heterocycles. The molecular formula is C22H23N5O2S. The summed E-state index contributed by atoms with van der Waals surface area (Å²) in [7, 11) is 0. The van der Waals surface area contributed by atoms with Gasteiger partial charge in [0, 0.05) is 12.1 Å². The summed E-state index contributed by atoms with van der Waals surface area (Å²) in [5.74, 6) is -0.391. The third kappa shape index (κ3) is 4.29. The molecule has 1 aromatic carbocycles. The minimum absolute atomic E-state index is 0.339. The first-order chi connectivity index (χ1) is 14.6. The number of nitrogens with one attached hydrogen (secondary N) is 1. The molecule has 0 radical (unpaired) electrons. The van der Waals surface area contributed by atoms with Crippen molar-refractivity contribution >= 4 is 34.6 Å². The largest absolute Gasteiger partial charge is 0.299 e. The Morgan fingerprint density at radius 2 is 2.07 bits per heavy atom. The van der Waals surface area contributed by atoms with E-state index in [9.17, 15) is 9.59 Å². The number of carbonyl (C=O) groups is 2. The number of amides is 2. The molecule has 0 bridgehead atoms. The van der Waals surface area contributed by atoms with Gasteiger partial charge in [0.25, 0.3) is 11.1 Å². The molecule has 8 heteroatoms. The van der Waals surface area contributed by atoms with Gasteiger partial charge in [-0.15, -0.1) is 0 Å². The van der Waals surface area contributed by atoms with Gasteiger partial charge in [-0.3, -0.25) is 19.8 Å². The molecule has 3 heterocycles. The van der Waals surface area contributed by atoms with Crippen molar-refractivity contribution in [1.82, 2.24) is 24.8 Å². The maximum atomic E-state index is 11.8. The average Bonchev–Trinajstić information content (AvgIpc) is 3.30. The van der Waals surface area contributed by atoms with E-state index in [0.717, 1.165) is 54.7 Å². The first kappa shape index (κ1) is 20.3. The van der Waals surface area contributed by atoms with Crippen LogP contribution in [0.5, 0.6) is 0 Å². The Morgan fingerprint density at radius 1 is 1.20 bits per heavy atom. The van der Waals surface area contributed by atoms with Crippen LogP contribution in [0.1, 0.15) is 31.5 Å². The Balaban J connectivity index is 1.66. The predicted octanol–water partition coefficient (Wildman–Crippen LogP) is 3.95. The quantitative estimate of drug-likeness (QED) is 0.582. The number of benzene rings is 1. The molecular weight excluding hydrogens is 398 g/mol. The van der Waals surface area contributed by atoms with E-state index in [1.807, 2.05) is 12.3 Å². The molecule has 0 saturated carbocycles. The van der Waals surface area contributed by atoms with E-state index in [2.05, 4.69) is 58.4 Å². The second kappa shape index (κ2) is 8.81.